The third kappa shape index (κ3) is 3.67. The number of anilines is 1. The monoisotopic (exact) mass is 387 g/mol. The highest BCUT2D eigenvalue weighted by Gasteiger charge is 2.37. The predicted octanol–water partition coefficient (Wildman–Crippen LogP) is 0.168. The van der Waals surface area contributed by atoms with Gasteiger partial charge in [-0.05, 0) is 18.2 Å². The van der Waals surface area contributed by atoms with Crippen molar-refractivity contribution in [1.29, 1.82) is 0 Å². The van der Waals surface area contributed by atoms with E-state index >= 15 is 0 Å². The molecule has 1 aromatic rings. The lowest BCUT2D eigenvalue weighted by atomic mass is 10.2. The number of rotatable bonds is 3. The second-order valence-electron chi connectivity index (χ2n) is 5.98. The van der Waals surface area contributed by atoms with Crippen LogP contribution in [-0.2, 0) is 19.6 Å². The Morgan fingerprint density at radius 2 is 1.96 bits per heavy atom. The van der Waals surface area contributed by atoms with Crippen LogP contribution in [0.4, 0.5) is 5.69 Å². The van der Waals surface area contributed by atoms with Crippen LogP contribution in [0.25, 0.3) is 0 Å². The summed E-state index contributed by atoms with van der Waals surface area (Å²) >= 11 is 5.95. The van der Waals surface area contributed by atoms with Gasteiger partial charge in [0, 0.05) is 31.2 Å². The molecule has 136 valence electrons. The Morgan fingerprint density at radius 1 is 1.28 bits per heavy atom. The van der Waals surface area contributed by atoms with E-state index in [4.69, 9.17) is 16.3 Å². The van der Waals surface area contributed by atoms with E-state index in [2.05, 4.69) is 0 Å². The zero-order valence-corrected chi connectivity index (χ0v) is 15.2. The molecular weight excluding hydrogens is 370 g/mol. The van der Waals surface area contributed by atoms with Gasteiger partial charge in [-0.2, -0.15) is 0 Å². The van der Waals surface area contributed by atoms with Gasteiger partial charge in [0.15, 0.2) is 6.10 Å². The van der Waals surface area contributed by atoms with Crippen molar-refractivity contribution in [1.82, 2.24) is 9.80 Å². The minimum Gasteiger partial charge on any atom is -0.476 e. The van der Waals surface area contributed by atoms with Gasteiger partial charge in [-0.3, -0.25) is 13.9 Å². The number of halogens is 1. The molecule has 2 heterocycles. The van der Waals surface area contributed by atoms with Gasteiger partial charge in [0.1, 0.15) is 5.75 Å². The van der Waals surface area contributed by atoms with Gasteiger partial charge < -0.3 is 14.5 Å². The van der Waals surface area contributed by atoms with Crippen molar-refractivity contribution in [3.63, 3.8) is 0 Å². The molecule has 1 atom stereocenters. The van der Waals surface area contributed by atoms with Crippen LogP contribution in [0.15, 0.2) is 18.2 Å². The van der Waals surface area contributed by atoms with Crippen LogP contribution in [-0.4, -0.2) is 75.6 Å². The lowest BCUT2D eigenvalue weighted by Crippen LogP contribution is -2.56. The Bertz CT molecular complexity index is 792. The number of hydrogen-bond acceptors (Lipinski definition) is 5. The van der Waals surface area contributed by atoms with Crippen molar-refractivity contribution in [3.8, 4) is 5.75 Å². The van der Waals surface area contributed by atoms with Gasteiger partial charge in [0.2, 0.25) is 16.4 Å². The summed E-state index contributed by atoms with van der Waals surface area (Å²) in [6.45, 7) is 1.57. The van der Waals surface area contributed by atoms with Crippen LogP contribution in [0.2, 0.25) is 5.02 Å². The molecule has 0 saturated carbocycles. The molecule has 0 bridgehead atoms. The molecule has 2 amide bonds. The first-order valence-electron chi connectivity index (χ1n) is 7.71. The SMILES string of the molecule is CS(=O)(=O)N1CC(C(=O)N2CCN(C=O)CC2)Oc2ccc(Cl)cc21. The number of benzene rings is 1. The molecule has 3 rings (SSSR count). The fourth-order valence-electron chi connectivity index (χ4n) is 2.92. The second-order valence-corrected chi connectivity index (χ2v) is 8.32. The first kappa shape index (κ1) is 17.8. The Hall–Kier alpha value is -2.00. The standard InChI is InChI=1S/C15H18ClN3O5S/c1-25(22,23)19-9-14(24-13-3-2-11(16)8-12(13)19)15(21)18-6-4-17(10-20)5-7-18/h2-3,8,10,14H,4-7,9H2,1H3. The van der Waals surface area contributed by atoms with Crippen LogP contribution in [0.5, 0.6) is 5.75 Å². The predicted molar refractivity (Wildman–Crippen MR) is 92.3 cm³/mol. The lowest BCUT2D eigenvalue weighted by Gasteiger charge is -2.38. The maximum absolute atomic E-state index is 12.7. The molecule has 0 aromatic heterocycles. The first-order chi connectivity index (χ1) is 11.8. The number of piperazine rings is 1. The van der Waals surface area contributed by atoms with E-state index in [9.17, 15) is 18.0 Å². The third-order valence-electron chi connectivity index (χ3n) is 4.24. The number of ether oxygens (including phenoxy) is 1. The highest BCUT2D eigenvalue weighted by molar-refractivity contribution is 7.92. The molecular formula is C15H18ClN3O5S. The molecule has 8 nitrogen and oxygen atoms in total. The van der Waals surface area contributed by atoms with Crippen molar-refractivity contribution in [2.75, 3.05) is 43.3 Å². The number of sulfonamides is 1. The molecule has 1 unspecified atom stereocenters. The molecule has 2 aliphatic rings. The largest absolute Gasteiger partial charge is 0.476 e. The van der Waals surface area contributed by atoms with Gasteiger partial charge in [0.25, 0.3) is 5.91 Å². The fraction of sp³-hybridized carbons (Fsp3) is 0.467. The van der Waals surface area contributed by atoms with E-state index in [1.165, 1.54) is 6.07 Å². The van der Waals surface area contributed by atoms with Gasteiger partial charge in [0.05, 0.1) is 18.5 Å². The number of amides is 2. The summed E-state index contributed by atoms with van der Waals surface area (Å²) in [5.41, 5.74) is 0.324. The summed E-state index contributed by atoms with van der Waals surface area (Å²) in [4.78, 5) is 26.7. The fourth-order valence-corrected chi connectivity index (χ4v) is 3.99. The third-order valence-corrected chi connectivity index (χ3v) is 5.62. The summed E-state index contributed by atoms with van der Waals surface area (Å²) in [7, 11) is -3.60. The summed E-state index contributed by atoms with van der Waals surface area (Å²) in [6.07, 6.45) is 0.892. The molecule has 1 fully saturated rings. The maximum atomic E-state index is 12.7. The number of carbonyl (C=O) groups is 2. The number of nitrogens with zero attached hydrogens (tertiary/aromatic N) is 3. The Balaban J connectivity index is 1.83. The second kappa shape index (κ2) is 6.72. The van der Waals surface area contributed by atoms with Crippen molar-refractivity contribution in [2.24, 2.45) is 0 Å². The highest BCUT2D eigenvalue weighted by atomic mass is 35.5. The topological polar surface area (TPSA) is 87.2 Å². The van der Waals surface area contributed by atoms with Crippen molar-refractivity contribution in [2.45, 2.75) is 6.10 Å². The molecule has 0 aliphatic carbocycles. The molecule has 2 aliphatic heterocycles. The molecule has 1 aromatic carbocycles. The van der Waals surface area contributed by atoms with Crippen molar-refractivity contribution in [3.05, 3.63) is 23.2 Å². The van der Waals surface area contributed by atoms with E-state index in [1.54, 1.807) is 21.9 Å². The average molecular weight is 388 g/mol. The van der Waals surface area contributed by atoms with E-state index in [0.717, 1.165) is 17.0 Å². The van der Waals surface area contributed by atoms with Crippen molar-refractivity contribution < 1.29 is 22.7 Å². The Labute approximate surface area is 150 Å². The van der Waals surface area contributed by atoms with Gasteiger partial charge in [-0.15, -0.1) is 0 Å². The minimum absolute atomic E-state index is 0.112. The quantitative estimate of drug-likeness (QED) is 0.690. The molecule has 1 saturated heterocycles. The van der Waals surface area contributed by atoms with Crippen LogP contribution >= 0.6 is 11.6 Å². The van der Waals surface area contributed by atoms with E-state index in [1.807, 2.05) is 0 Å². The molecule has 0 spiro atoms. The van der Waals surface area contributed by atoms with Gasteiger partial charge in [-0.1, -0.05) is 11.6 Å². The van der Waals surface area contributed by atoms with Gasteiger partial charge in [-0.25, -0.2) is 8.42 Å². The van der Waals surface area contributed by atoms with Crippen molar-refractivity contribution >= 4 is 39.6 Å². The van der Waals surface area contributed by atoms with E-state index in [0.29, 0.717) is 42.6 Å². The normalized spacial score (nSPS) is 20.7. The van der Waals surface area contributed by atoms with Gasteiger partial charge >= 0.3 is 0 Å². The Morgan fingerprint density at radius 3 is 2.56 bits per heavy atom. The number of fused-ring (bicyclic) bond motifs is 1. The van der Waals surface area contributed by atoms with Crippen LogP contribution in [0.3, 0.4) is 0 Å². The molecule has 10 heteroatoms. The zero-order chi connectivity index (χ0) is 18.2. The van der Waals surface area contributed by atoms with E-state index < -0.39 is 16.1 Å². The number of hydrogen-bond donors (Lipinski definition) is 0. The summed E-state index contributed by atoms with van der Waals surface area (Å²) < 4.78 is 31.2. The number of carbonyl (C=O) groups excluding carboxylic acids is 2. The molecule has 25 heavy (non-hydrogen) atoms. The van der Waals surface area contributed by atoms with Crippen LogP contribution < -0.4 is 9.04 Å². The summed E-state index contributed by atoms with van der Waals surface area (Å²) in [5.74, 6) is 0.00533. The summed E-state index contributed by atoms with van der Waals surface area (Å²) in [6, 6.07) is 4.64. The zero-order valence-electron chi connectivity index (χ0n) is 13.6. The summed E-state index contributed by atoms with van der Waals surface area (Å²) in [5, 5.41) is 0.380. The first-order valence-corrected chi connectivity index (χ1v) is 9.94. The molecule has 0 radical (unpaired) electrons. The molecule has 0 N–H and O–H groups in total. The minimum atomic E-state index is -3.60. The lowest BCUT2D eigenvalue weighted by molar-refractivity contribution is -0.141. The maximum Gasteiger partial charge on any atom is 0.265 e. The van der Waals surface area contributed by atoms with Crippen LogP contribution in [0.1, 0.15) is 0 Å². The smallest absolute Gasteiger partial charge is 0.265 e. The Kier molecular flexibility index (Phi) is 4.79. The highest BCUT2D eigenvalue weighted by Crippen LogP contribution is 2.37. The average Bonchev–Trinajstić information content (AvgIpc) is 2.59. The van der Waals surface area contributed by atoms with Crippen LogP contribution in [0, 0.1) is 0 Å². The van der Waals surface area contributed by atoms with E-state index in [-0.39, 0.29) is 12.5 Å².